The van der Waals surface area contributed by atoms with E-state index >= 15 is 0 Å². The van der Waals surface area contributed by atoms with Crippen LogP contribution in [-0.4, -0.2) is 23.7 Å². The standard InChI is InChI=1S/C20H25F3O2/c21-20(22,23)18(11-24)19-8-1-2-17(19)16-5-3-12-10-13(25)4-6-14(12)15(16)7-9-19/h10,16-18,24H,1-9,11H2/t16-,17+,18?,19?/m1/s1. The number of carbonyl (C=O) groups is 1. The fourth-order valence-corrected chi connectivity index (χ4v) is 6.46. The van der Waals surface area contributed by atoms with Gasteiger partial charge in [-0.15, -0.1) is 0 Å². The molecule has 2 fully saturated rings. The van der Waals surface area contributed by atoms with E-state index in [-0.39, 0.29) is 17.6 Å². The van der Waals surface area contributed by atoms with Gasteiger partial charge in [0.25, 0.3) is 0 Å². The van der Waals surface area contributed by atoms with Crippen molar-refractivity contribution in [3.05, 3.63) is 22.8 Å². The molecule has 0 radical (unpaired) electrons. The van der Waals surface area contributed by atoms with Gasteiger partial charge in [0.15, 0.2) is 5.78 Å². The predicted molar refractivity (Wildman–Crippen MR) is 87.7 cm³/mol. The van der Waals surface area contributed by atoms with Crippen LogP contribution in [0.25, 0.3) is 0 Å². The number of carbonyl (C=O) groups excluding carboxylic acids is 1. The van der Waals surface area contributed by atoms with Crippen molar-refractivity contribution < 1.29 is 23.1 Å². The largest absolute Gasteiger partial charge is 0.396 e. The minimum atomic E-state index is -4.33. The fourth-order valence-electron chi connectivity index (χ4n) is 6.46. The Morgan fingerprint density at radius 1 is 1.16 bits per heavy atom. The van der Waals surface area contributed by atoms with Crippen LogP contribution in [0.15, 0.2) is 22.8 Å². The second-order valence-corrected chi connectivity index (χ2v) is 8.29. The zero-order valence-electron chi connectivity index (χ0n) is 14.4. The summed E-state index contributed by atoms with van der Waals surface area (Å²) in [5, 5.41) is 9.59. The summed E-state index contributed by atoms with van der Waals surface area (Å²) in [5.41, 5.74) is 2.98. The third-order valence-corrected chi connectivity index (χ3v) is 7.42. The molecule has 4 atom stereocenters. The second-order valence-electron chi connectivity index (χ2n) is 8.29. The van der Waals surface area contributed by atoms with Crippen LogP contribution in [0.3, 0.4) is 0 Å². The molecule has 0 saturated heterocycles. The van der Waals surface area contributed by atoms with E-state index in [9.17, 15) is 23.1 Å². The highest BCUT2D eigenvalue weighted by Crippen LogP contribution is 2.65. The Hall–Kier alpha value is -1.10. The molecule has 25 heavy (non-hydrogen) atoms. The summed E-state index contributed by atoms with van der Waals surface area (Å²) in [7, 11) is 0. The molecule has 2 saturated carbocycles. The highest BCUT2D eigenvalue weighted by Gasteiger charge is 2.61. The Bertz CT molecular complexity index is 646. The van der Waals surface area contributed by atoms with Crippen molar-refractivity contribution >= 4 is 5.78 Å². The topological polar surface area (TPSA) is 37.3 Å². The molecular formula is C20H25F3O2. The molecule has 0 bridgehead atoms. The van der Waals surface area contributed by atoms with Gasteiger partial charge in [-0.25, -0.2) is 0 Å². The third kappa shape index (κ3) is 2.61. The number of halogens is 3. The van der Waals surface area contributed by atoms with Gasteiger partial charge in [-0.1, -0.05) is 12.0 Å². The lowest BCUT2D eigenvalue weighted by molar-refractivity contribution is -0.230. The first kappa shape index (κ1) is 17.3. The van der Waals surface area contributed by atoms with Gasteiger partial charge in [0, 0.05) is 6.42 Å². The van der Waals surface area contributed by atoms with E-state index in [1.54, 1.807) is 6.08 Å². The molecule has 0 amide bonds. The summed E-state index contributed by atoms with van der Waals surface area (Å²) in [4.78, 5) is 11.7. The first-order chi connectivity index (χ1) is 11.9. The van der Waals surface area contributed by atoms with Gasteiger partial charge in [0.2, 0.25) is 0 Å². The molecule has 4 aliphatic carbocycles. The Labute approximate surface area is 146 Å². The fraction of sp³-hybridized carbons (Fsp3) is 0.750. The van der Waals surface area contributed by atoms with Crippen molar-refractivity contribution in [1.29, 1.82) is 0 Å². The second kappa shape index (κ2) is 5.97. The van der Waals surface area contributed by atoms with Gasteiger partial charge < -0.3 is 5.11 Å². The van der Waals surface area contributed by atoms with Crippen molar-refractivity contribution in [2.75, 3.05) is 6.61 Å². The van der Waals surface area contributed by atoms with Crippen LogP contribution in [0.4, 0.5) is 13.2 Å². The van der Waals surface area contributed by atoms with Crippen molar-refractivity contribution in [2.45, 2.75) is 64.0 Å². The molecule has 2 unspecified atom stereocenters. The Kier molecular flexibility index (Phi) is 4.13. The van der Waals surface area contributed by atoms with E-state index in [4.69, 9.17) is 0 Å². The van der Waals surface area contributed by atoms with Crippen LogP contribution in [0.1, 0.15) is 57.8 Å². The number of hydrogen-bond donors (Lipinski definition) is 1. The molecule has 0 spiro atoms. The molecule has 0 aromatic rings. The summed E-state index contributed by atoms with van der Waals surface area (Å²) in [6, 6.07) is 0. The van der Waals surface area contributed by atoms with Crippen LogP contribution in [0.2, 0.25) is 0 Å². The first-order valence-electron chi connectivity index (χ1n) is 9.50. The van der Waals surface area contributed by atoms with Crippen LogP contribution in [-0.2, 0) is 4.79 Å². The minimum absolute atomic E-state index is 0.0294. The summed E-state index contributed by atoms with van der Waals surface area (Å²) in [6.07, 6.45) is 3.90. The maximum atomic E-state index is 13.7. The number of aliphatic hydroxyl groups is 1. The number of rotatable bonds is 2. The van der Waals surface area contributed by atoms with E-state index in [1.165, 1.54) is 11.1 Å². The van der Waals surface area contributed by atoms with Gasteiger partial charge in [0.05, 0.1) is 12.5 Å². The van der Waals surface area contributed by atoms with Crippen LogP contribution in [0, 0.1) is 23.2 Å². The highest BCUT2D eigenvalue weighted by atomic mass is 19.4. The lowest BCUT2D eigenvalue weighted by atomic mass is 9.53. The van der Waals surface area contributed by atoms with Crippen LogP contribution in [0.5, 0.6) is 0 Å². The van der Waals surface area contributed by atoms with E-state index in [0.717, 1.165) is 37.7 Å². The molecule has 0 aliphatic heterocycles. The van der Waals surface area contributed by atoms with E-state index in [0.29, 0.717) is 25.7 Å². The number of alkyl halides is 3. The van der Waals surface area contributed by atoms with Gasteiger partial charge in [-0.2, -0.15) is 13.2 Å². The summed E-state index contributed by atoms with van der Waals surface area (Å²) in [6.45, 7) is -0.793. The number of hydrogen-bond acceptors (Lipinski definition) is 2. The molecule has 4 rings (SSSR count). The molecule has 0 aromatic heterocycles. The molecule has 0 aromatic carbocycles. The zero-order valence-corrected chi connectivity index (χ0v) is 14.4. The summed E-state index contributed by atoms with van der Waals surface area (Å²) >= 11 is 0. The molecule has 2 nitrogen and oxygen atoms in total. The number of allylic oxidation sites excluding steroid dienone is 4. The minimum Gasteiger partial charge on any atom is -0.396 e. The molecule has 4 aliphatic rings. The van der Waals surface area contributed by atoms with Crippen LogP contribution >= 0.6 is 0 Å². The SMILES string of the molecule is O=C1C=C2CC[C@@H]3C(=C2CC1)CCC1(C(CO)C(F)(F)F)CCC[C@@H]31. The van der Waals surface area contributed by atoms with Gasteiger partial charge >= 0.3 is 6.18 Å². The molecule has 1 N–H and O–H groups in total. The highest BCUT2D eigenvalue weighted by molar-refractivity contribution is 5.93. The quantitative estimate of drug-likeness (QED) is 0.778. The third-order valence-electron chi connectivity index (χ3n) is 7.42. The lowest BCUT2D eigenvalue weighted by Gasteiger charge is -2.52. The Morgan fingerprint density at radius 2 is 1.96 bits per heavy atom. The van der Waals surface area contributed by atoms with Crippen molar-refractivity contribution in [2.24, 2.45) is 23.2 Å². The van der Waals surface area contributed by atoms with E-state index in [1.807, 2.05) is 0 Å². The monoisotopic (exact) mass is 354 g/mol. The van der Waals surface area contributed by atoms with Gasteiger partial charge in [-0.05, 0) is 79.4 Å². The van der Waals surface area contributed by atoms with Crippen molar-refractivity contribution in [1.82, 2.24) is 0 Å². The Morgan fingerprint density at radius 3 is 2.68 bits per heavy atom. The Balaban J connectivity index is 1.73. The number of aliphatic hydroxyl groups excluding tert-OH is 1. The first-order valence-corrected chi connectivity index (χ1v) is 9.50. The molecule has 5 heteroatoms. The molecule has 138 valence electrons. The van der Waals surface area contributed by atoms with Gasteiger partial charge in [0.1, 0.15) is 0 Å². The summed E-state index contributed by atoms with van der Waals surface area (Å²) in [5.74, 6) is -1.17. The van der Waals surface area contributed by atoms with Gasteiger partial charge in [-0.3, -0.25) is 4.79 Å². The number of fused-ring (bicyclic) bond motifs is 4. The average molecular weight is 354 g/mol. The normalized spacial score (nSPS) is 36.5. The zero-order chi connectivity index (χ0) is 17.8. The predicted octanol–water partition coefficient (Wildman–Crippen LogP) is 4.73. The molecule has 0 heterocycles. The van der Waals surface area contributed by atoms with Crippen molar-refractivity contribution in [3.63, 3.8) is 0 Å². The summed E-state index contributed by atoms with van der Waals surface area (Å²) < 4.78 is 41.0. The van der Waals surface area contributed by atoms with E-state index in [2.05, 4.69) is 0 Å². The average Bonchev–Trinajstić information content (AvgIpc) is 2.98. The maximum Gasteiger partial charge on any atom is 0.394 e. The maximum absolute atomic E-state index is 13.7. The number of ketones is 1. The smallest absolute Gasteiger partial charge is 0.394 e. The van der Waals surface area contributed by atoms with Crippen molar-refractivity contribution in [3.8, 4) is 0 Å². The van der Waals surface area contributed by atoms with Crippen LogP contribution < -0.4 is 0 Å². The lowest BCUT2D eigenvalue weighted by Crippen LogP contribution is -2.49. The molecular weight excluding hydrogens is 329 g/mol. The van der Waals surface area contributed by atoms with E-state index < -0.39 is 24.1 Å².